The molecule has 2 atom stereocenters. The topological polar surface area (TPSA) is 63.4 Å². The van der Waals surface area contributed by atoms with Crippen LogP contribution in [-0.2, 0) is 9.84 Å². The van der Waals surface area contributed by atoms with E-state index < -0.39 is 9.84 Å². The van der Waals surface area contributed by atoms with E-state index in [9.17, 15) is 8.42 Å². The summed E-state index contributed by atoms with van der Waals surface area (Å²) in [5, 5.41) is 0. The molecule has 2 fully saturated rings. The van der Waals surface area contributed by atoms with Gasteiger partial charge in [-0.25, -0.2) is 8.42 Å². The number of piperidine rings is 1. The highest BCUT2D eigenvalue weighted by molar-refractivity contribution is 7.91. The van der Waals surface area contributed by atoms with Crippen molar-refractivity contribution in [3.8, 4) is 0 Å². The van der Waals surface area contributed by atoms with Crippen molar-refractivity contribution in [3.63, 3.8) is 0 Å². The first-order chi connectivity index (χ1) is 6.57. The molecule has 2 N–H and O–H groups in total. The second-order valence-corrected chi connectivity index (χ2v) is 6.68. The molecular weight excluding hydrogens is 200 g/mol. The number of rotatable bonds is 1. The lowest BCUT2D eigenvalue weighted by Crippen LogP contribution is -2.48. The average molecular weight is 218 g/mol. The van der Waals surface area contributed by atoms with Crippen molar-refractivity contribution in [1.82, 2.24) is 4.90 Å². The van der Waals surface area contributed by atoms with Crippen molar-refractivity contribution in [1.29, 1.82) is 0 Å². The molecule has 2 aliphatic heterocycles. The van der Waals surface area contributed by atoms with Crippen molar-refractivity contribution < 1.29 is 8.42 Å². The maximum Gasteiger partial charge on any atom is 0.151 e. The third-order valence-corrected chi connectivity index (χ3v) is 4.96. The van der Waals surface area contributed by atoms with Crippen molar-refractivity contribution in [2.24, 2.45) is 5.73 Å². The summed E-state index contributed by atoms with van der Waals surface area (Å²) < 4.78 is 22.6. The van der Waals surface area contributed by atoms with Crippen molar-refractivity contribution >= 4 is 9.84 Å². The van der Waals surface area contributed by atoms with Gasteiger partial charge in [-0.2, -0.15) is 0 Å². The first-order valence-electron chi connectivity index (χ1n) is 5.27. The van der Waals surface area contributed by atoms with Crippen molar-refractivity contribution in [3.05, 3.63) is 0 Å². The SMILES string of the molecule is NC1CCCN(C2CCS(=O)(=O)C2)C1. The molecule has 2 aliphatic rings. The zero-order chi connectivity index (χ0) is 10.2. The molecule has 82 valence electrons. The summed E-state index contributed by atoms with van der Waals surface area (Å²) in [7, 11) is -2.74. The molecule has 0 aromatic heterocycles. The fourth-order valence-electron chi connectivity index (χ4n) is 2.44. The highest BCUT2D eigenvalue weighted by Crippen LogP contribution is 2.21. The Morgan fingerprint density at radius 1 is 1.29 bits per heavy atom. The molecule has 14 heavy (non-hydrogen) atoms. The zero-order valence-corrected chi connectivity index (χ0v) is 9.17. The van der Waals surface area contributed by atoms with Gasteiger partial charge < -0.3 is 5.73 Å². The fraction of sp³-hybridized carbons (Fsp3) is 1.00. The maximum atomic E-state index is 11.3. The Balaban J connectivity index is 1.96. The largest absolute Gasteiger partial charge is 0.327 e. The second kappa shape index (κ2) is 3.79. The van der Waals surface area contributed by atoms with Gasteiger partial charge in [-0.05, 0) is 25.8 Å². The third-order valence-electron chi connectivity index (χ3n) is 3.21. The Hall–Kier alpha value is -0.130. The van der Waals surface area contributed by atoms with Gasteiger partial charge in [0.25, 0.3) is 0 Å². The molecule has 5 heteroatoms. The van der Waals surface area contributed by atoms with Crippen LogP contribution in [0.2, 0.25) is 0 Å². The van der Waals surface area contributed by atoms with E-state index >= 15 is 0 Å². The van der Waals surface area contributed by atoms with Gasteiger partial charge in [0.1, 0.15) is 0 Å². The van der Waals surface area contributed by atoms with E-state index in [2.05, 4.69) is 4.90 Å². The summed E-state index contributed by atoms with van der Waals surface area (Å²) in [4.78, 5) is 2.26. The van der Waals surface area contributed by atoms with Gasteiger partial charge in [0.05, 0.1) is 11.5 Å². The molecule has 0 saturated carbocycles. The van der Waals surface area contributed by atoms with Gasteiger partial charge in [0, 0.05) is 18.6 Å². The zero-order valence-electron chi connectivity index (χ0n) is 8.35. The van der Waals surface area contributed by atoms with E-state index in [-0.39, 0.29) is 12.1 Å². The monoisotopic (exact) mass is 218 g/mol. The Morgan fingerprint density at radius 3 is 2.64 bits per heavy atom. The second-order valence-electron chi connectivity index (χ2n) is 4.45. The number of sulfone groups is 1. The minimum absolute atomic E-state index is 0.242. The molecule has 2 unspecified atom stereocenters. The van der Waals surface area contributed by atoms with Crippen LogP contribution in [0.5, 0.6) is 0 Å². The quantitative estimate of drug-likeness (QED) is 0.650. The molecule has 0 radical (unpaired) electrons. The fourth-order valence-corrected chi connectivity index (χ4v) is 4.20. The Kier molecular flexibility index (Phi) is 2.81. The van der Waals surface area contributed by atoms with Crippen LogP contribution in [0, 0.1) is 0 Å². The van der Waals surface area contributed by atoms with Crippen LogP contribution in [0.1, 0.15) is 19.3 Å². The highest BCUT2D eigenvalue weighted by atomic mass is 32.2. The lowest BCUT2D eigenvalue weighted by Gasteiger charge is -2.34. The highest BCUT2D eigenvalue weighted by Gasteiger charge is 2.33. The van der Waals surface area contributed by atoms with E-state index in [0.29, 0.717) is 11.5 Å². The predicted molar refractivity (Wildman–Crippen MR) is 55.8 cm³/mol. The standard InChI is InChI=1S/C9H18N2O2S/c10-8-2-1-4-11(6-8)9-3-5-14(12,13)7-9/h8-9H,1-7,10H2. The first kappa shape index (κ1) is 10.4. The van der Waals surface area contributed by atoms with E-state index in [4.69, 9.17) is 5.73 Å². The van der Waals surface area contributed by atoms with Crippen molar-refractivity contribution in [2.45, 2.75) is 31.3 Å². The number of nitrogens with zero attached hydrogens (tertiary/aromatic N) is 1. The summed E-state index contributed by atoms with van der Waals surface area (Å²) >= 11 is 0. The molecule has 0 amide bonds. The normalized spacial score (nSPS) is 38.6. The molecule has 0 aromatic carbocycles. The molecular formula is C9H18N2O2S. The third kappa shape index (κ3) is 2.27. The summed E-state index contributed by atoms with van der Waals surface area (Å²) in [6, 6.07) is 0.485. The van der Waals surface area contributed by atoms with Gasteiger partial charge in [-0.15, -0.1) is 0 Å². The number of hydrogen-bond donors (Lipinski definition) is 1. The maximum absolute atomic E-state index is 11.3. The van der Waals surface area contributed by atoms with Crippen LogP contribution in [0.15, 0.2) is 0 Å². The Morgan fingerprint density at radius 2 is 2.07 bits per heavy atom. The van der Waals surface area contributed by atoms with E-state index in [1.807, 2.05) is 0 Å². The van der Waals surface area contributed by atoms with Crippen LogP contribution in [0.25, 0.3) is 0 Å². The van der Waals surface area contributed by atoms with Gasteiger partial charge in [0.15, 0.2) is 9.84 Å². The van der Waals surface area contributed by atoms with Crippen LogP contribution >= 0.6 is 0 Å². The van der Waals surface area contributed by atoms with E-state index in [1.165, 1.54) is 0 Å². The molecule has 0 bridgehead atoms. The van der Waals surface area contributed by atoms with E-state index in [0.717, 1.165) is 32.4 Å². The molecule has 2 heterocycles. The Labute approximate surface area is 85.4 Å². The number of nitrogens with two attached hydrogens (primary N) is 1. The minimum Gasteiger partial charge on any atom is -0.327 e. The minimum atomic E-state index is -2.74. The van der Waals surface area contributed by atoms with Crippen LogP contribution in [-0.4, -0.2) is 50.0 Å². The molecule has 0 aromatic rings. The average Bonchev–Trinajstić information content (AvgIpc) is 2.46. The van der Waals surface area contributed by atoms with Crippen LogP contribution < -0.4 is 5.73 Å². The predicted octanol–water partition coefficient (Wildman–Crippen LogP) is -0.403. The Bertz CT molecular complexity index is 302. The molecule has 2 rings (SSSR count). The van der Waals surface area contributed by atoms with Gasteiger partial charge in [-0.1, -0.05) is 0 Å². The van der Waals surface area contributed by atoms with Crippen molar-refractivity contribution in [2.75, 3.05) is 24.6 Å². The van der Waals surface area contributed by atoms with E-state index in [1.54, 1.807) is 0 Å². The lowest BCUT2D eigenvalue weighted by atomic mass is 10.0. The number of likely N-dealkylation sites (tertiary alicyclic amines) is 1. The van der Waals surface area contributed by atoms with Crippen LogP contribution in [0.3, 0.4) is 0 Å². The van der Waals surface area contributed by atoms with Gasteiger partial charge >= 0.3 is 0 Å². The summed E-state index contributed by atoms with van der Waals surface area (Å²) in [5.41, 5.74) is 5.87. The summed E-state index contributed by atoms with van der Waals surface area (Å²) in [6.07, 6.45) is 2.99. The van der Waals surface area contributed by atoms with Gasteiger partial charge in [-0.3, -0.25) is 4.90 Å². The van der Waals surface area contributed by atoms with Crippen LogP contribution in [0.4, 0.5) is 0 Å². The summed E-state index contributed by atoms with van der Waals surface area (Å²) in [6.45, 7) is 1.90. The summed E-state index contributed by atoms with van der Waals surface area (Å²) in [5.74, 6) is 0.711. The molecule has 2 saturated heterocycles. The van der Waals surface area contributed by atoms with Gasteiger partial charge in [0.2, 0.25) is 0 Å². The molecule has 0 spiro atoms. The molecule has 0 aliphatic carbocycles. The number of hydrogen-bond acceptors (Lipinski definition) is 4. The first-order valence-corrected chi connectivity index (χ1v) is 7.09. The molecule has 4 nitrogen and oxygen atoms in total. The lowest BCUT2D eigenvalue weighted by molar-refractivity contribution is 0.162. The smallest absolute Gasteiger partial charge is 0.151 e.